The van der Waals surface area contributed by atoms with Crippen molar-refractivity contribution in [2.45, 2.75) is 13.1 Å². The van der Waals surface area contributed by atoms with Crippen LogP contribution >= 0.6 is 12.2 Å². The summed E-state index contributed by atoms with van der Waals surface area (Å²) in [6, 6.07) is 20.2. The van der Waals surface area contributed by atoms with Gasteiger partial charge in [-0.25, -0.2) is 4.68 Å². The smallest absolute Gasteiger partial charge is 0.187 e. The van der Waals surface area contributed by atoms with Gasteiger partial charge >= 0.3 is 0 Å². The van der Waals surface area contributed by atoms with Gasteiger partial charge in [0.05, 0.1) is 12.7 Å². The Bertz CT molecular complexity index is 902. The third-order valence-electron chi connectivity index (χ3n) is 3.63. The average Bonchev–Trinajstić information content (AvgIpc) is 3.15. The molecule has 0 aliphatic carbocycles. The molecule has 0 saturated carbocycles. The third kappa shape index (κ3) is 6.48. The van der Waals surface area contributed by atoms with Gasteiger partial charge in [0.1, 0.15) is 5.69 Å². The fourth-order valence-corrected chi connectivity index (χ4v) is 2.46. The number of hydrazone groups is 1. The molecule has 3 rings (SSSR count). The molecule has 6 nitrogen and oxygen atoms in total. The number of allylic oxidation sites excluding steroid dienone is 1. The first-order valence-corrected chi connectivity index (χ1v) is 8.92. The molecule has 27 heavy (non-hydrogen) atoms. The Kier molecular flexibility index (Phi) is 6.83. The predicted molar refractivity (Wildman–Crippen MR) is 112 cm³/mol. The lowest BCUT2D eigenvalue weighted by molar-refractivity contribution is 0.649. The topological polar surface area (TPSA) is 67.1 Å². The second kappa shape index (κ2) is 9.98. The number of nitrogens with one attached hydrogen (secondary N) is 2. The molecule has 7 heteroatoms. The number of aromatic nitrogens is 3. The zero-order valence-corrected chi connectivity index (χ0v) is 15.5. The van der Waals surface area contributed by atoms with Crippen LogP contribution in [0, 0.1) is 0 Å². The highest BCUT2D eigenvalue weighted by molar-refractivity contribution is 7.80. The van der Waals surface area contributed by atoms with Crippen molar-refractivity contribution in [3.05, 3.63) is 89.8 Å². The van der Waals surface area contributed by atoms with E-state index in [1.165, 1.54) is 5.56 Å². The Balaban J connectivity index is 1.40. The summed E-state index contributed by atoms with van der Waals surface area (Å²) in [5.41, 5.74) is 5.88. The summed E-state index contributed by atoms with van der Waals surface area (Å²) in [5.74, 6) is 0. The second-order valence-corrected chi connectivity index (χ2v) is 6.15. The van der Waals surface area contributed by atoms with E-state index in [1.54, 1.807) is 17.0 Å². The Morgan fingerprint density at radius 3 is 2.48 bits per heavy atom. The Morgan fingerprint density at radius 1 is 1.04 bits per heavy atom. The van der Waals surface area contributed by atoms with Crippen molar-refractivity contribution < 1.29 is 0 Å². The van der Waals surface area contributed by atoms with Gasteiger partial charge in [-0.15, -0.1) is 5.10 Å². The molecule has 1 heterocycles. The van der Waals surface area contributed by atoms with Crippen LogP contribution in [0.4, 0.5) is 0 Å². The number of benzene rings is 2. The van der Waals surface area contributed by atoms with E-state index < -0.39 is 0 Å². The molecule has 0 atom stereocenters. The largest absolute Gasteiger partial charge is 0.357 e. The van der Waals surface area contributed by atoms with E-state index in [4.69, 9.17) is 12.2 Å². The van der Waals surface area contributed by atoms with Crippen molar-refractivity contribution in [1.82, 2.24) is 25.7 Å². The average molecular weight is 376 g/mol. The quantitative estimate of drug-likeness (QED) is 0.377. The molecule has 0 aliphatic rings. The summed E-state index contributed by atoms with van der Waals surface area (Å²) >= 11 is 5.18. The fourth-order valence-electron chi connectivity index (χ4n) is 2.34. The van der Waals surface area contributed by atoms with Gasteiger partial charge < -0.3 is 5.32 Å². The van der Waals surface area contributed by atoms with Crippen molar-refractivity contribution in [2.75, 3.05) is 0 Å². The van der Waals surface area contributed by atoms with Crippen molar-refractivity contribution >= 4 is 29.6 Å². The molecule has 0 bridgehead atoms. The predicted octanol–water partition coefficient (Wildman–Crippen LogP) is 2.99. The van der Waals surface area contributed by atoms with Gasteiger partial charge in [0, 0.05) is 12.8 Å². The van der Waals surface area contributed by atoms with E-state index in [2.05, 4.69) is 38.3 Å². The molecular weight excluding hydrogens is 356 g/mol. The normalized spacial score (nSPS) is 11.1. The first-order valence-electron chi connectivity index (χ1n) is 8.51. The molecule has 0 amide bonds. The van der Waals surface area contributed by atoms with Crippen LogP contribution in [0.25, 0.3) is 6.08 Å². The maximum atomic E-state index is 5.18. The van der Waals surface area contributed by atoms with Crippen LogP contribution in [0.15, 0.2) is 78.0 Å². The summed E-state index contributed by atoms with van der Waals surface area (Å²) in [4.78, 5) is 0. The zero-order chi connectivity index (χ0) is 18.7. The summed E-state index contributed by atoms with van der Waals surface area (Å²) in [7, 11) is 0. The first kappa shape index (κ1) is 18.5. The maximum Gasteiger partial charge on any atom is 0.187 e. The second-order valence-electron chi connectivity index (χ2n) is 5.74. The van der Waals surface area contributed by atoms with Gasteiger partial charge in [-0.1, -0.05) is 65.9 Å². The monoisotopic (exact) mass is 376 g/mol. The van der Waals surface area contributed by atoms with Crippen molar-refractivity contribution in [1.29, 1.82) is 0 Å². The molecule has 136 valence electrons. The Labute approximate surface area is 163 Å². The minimum absolute atomic E-state index is 0.470. The van der Waals surface area contributed by atoms with Gasteiger partial charge in [-0.05, 0) is 35.5 Å². The minimum Gasteiger partial charge on any atom is -0.357 e. The zero-order valence-electron chi connectivity index (χ0n) is 14.7. The summed E-state index contributed by atoms with van der Waals surface area (Å²) in [6.07, 6.45) is 7.12. The number of thiocarbonyl (C=S) groups is 1. The molecule has 0 saturated heterocycles. The summed E-state index contributed by atoms with van der Waals surface area (Å²) < 4.78 is 1.80. The fraction of sp³-hybridized carbons (Fsp3) is 0.100. The lowest BCUT2D eigenvalue weighted by Crippen LogP contribution is -2.31. The van der Waals surface area contributed by atoms with Gasteiger partial charge in [0.15, 0.2) is 5.11 Å². The molecule has 0 fully saturated rings. The maximum absolute atomic E-state index is 5.18. The number of nitrogens with zero attached hydrogens (tertiary/aromatic N) is 4. The first-order chi connectivity index (χ1) is 13.3. The lowest BCUT2D eigenvalue weighted by Gasteiger charge is -2.06. The molecular formula is C20H20N6S. The Morgan fingerprint density at radius 2 is 1.74 bits per heavy atom. The highest BCUT2D eigenvalue weighted by atomic mass is 32.1. The molecule has 3 aromatic rings. The number of rotatable bonds is 7. The van der Waals surface area contributed by atoms with Crippen LogP contribution in [0.2, 0.25) is 0 Å². The van der Waals surface area contributed by atoms with Crippen molar-refractivity contribution in [2.24, 2.45) is 5.10 Å². The molecule has 0 aliphatic heterocycles. The minimum atomic E-state index is 0.470. The van der Waals surface area contributed by atoms with E-state index in [0.717, 1.165) is 11.3 Å². The highest BCUT2D eigenvalue weighted by Crippen LogP contribution is 2.03. The van der Waals surface area contributed by atoms with E-state index >= 15 is 0 Å². The van der Waals surface area contributed by atoms with E-state index in [0.29, 0.717) is 18.2 Å². The molecule has 0 unspecified atom stereocenters. The van der Waals surface area contributed by atoms with Crippen LogP contribution in [0.3, 0.4) is 0 Å². The van der Waals surface area contributed by atoms with Crippen LogP contribution in [0.1, 0.15) is 16.8 Å². The number of hydrogen-bond donors (Lipinski definition) is 2. The summed E-state index contributed by atoms with van der Waals surface area (Å²) in [6.45, 7) is 1.35. The van der Waals surface area contributed by atoms with Crippen LogP contribution in [-0.2, 0) is 13.1 Å². The molecule has 2 aromatic carbocycles. The molecule has 1 aromatic heterocycles. The highest BCUT2D eigenvalue weighted by Gasteiger charge is 1.98. The Hall–Kier alpha value is -3.32. The molecule has 2 N–H and O–H groups in total. The van der Waals surface area contributed by atoms with Gasteiger partial charge in [0.25, 0.3) is 0 Å². The van der Waals surface area contributed by atoms with Gasteiger partial charge in [-0.3, -0.25) is 5.43 Å². The SMILES string of the molecule is S=C(NCc1ccccc1)N/N=C/C=C/c1cn(Cc2ccccc2)nn1. The van der Waals surface area contributed by atoms with Crippen molar-refractivity contribution in [3.8, 4) is 0 Å². The molecule has 0 radical (unpaired) electrons. The van der Waals surface area contributed by atoms with Gasteiger partial charge in [0.2, 0.25) is 0 Å². The summed E-state index contributed by atoms with van der Waals surface area (Å²) in [5, 5.41) is 15.8. The van der Waals surface area contributed by atoms with Crippen molar-refractivity contribution in [3.63, 3.8) is 0 Å². The standard InChI is InChI=1S/C20H20N6S/c27-20(21-14-17-8-3-1-4-9-17)24-22-13-7-12-19-16-26(25-23-19)15-18-10-5-2-6-11-18/h1-13,16H,14-15H2,(H2,21,24,27)/b12-7+,22-13+. The van der Waals surface area contributed by atoms with Crippen LogP contribution in [0.5, 0.6) is 0 Å². The molecule has 0 spiro atoms. The van der Waals surface area contributed by atoms with E-state index in [1.807, 2.05) is 60.8 Å². The third-order valence-corrected chi connectivity index (χ3v) is 3.87. The van der Waals surface area contributed by atoms with Gasteiger partial charge in [-0.2, -0.15) is 5.10 Å². The van der Waals surface area contributed by atoms with E-state index in [-0.39, 0.29) is 0 Å². The number of hydrogen-bond acceptors (Lipinski definition) is 4. The van der Waals surface area contributed by atoms with Crippen LogP contribution in [-0.4, -0.2) is 26.3 Å². The lowest BCUT2D eigenvalue weighted by atomic mass is 10.2. The van der Waals surface area contributed by atoms with Crippen LogP contribution < -0.4 is 10.7 Å². The van der Waals surface area contributed by atoms with E-state index in [9.17, 15) is 0 Å².